The number of carbonyl (C=O) groups excluding carboxylic acids is 2. The minimum Gasteiger partial charge on any atom is -0.507 e. The lowest BCUT2D eigenvalue weighted by atomic mass is 10.2. The second-order valence-corrected chi connectivity index (χ2v) is 4.81. The van der Waals surface area contributed by atoms with Gasteiger partial charge in [-0.2, -0.15) is 0 Å². The highest BCUT2D eigenvalue weighted by molar-refractivity contribution is 5.83. The van der Waals surface area contributed by atoms with E-state index >= 15 is 0 Å². The van der Waals surface area contributed by atoms with Crippen molar-refractivity contribution in [2.24, 2.45) is 0 Å². The molecule has 0 saturated carbocycles. The standard InChI is InChI=1S/C15H19NO5.C2H6/c1-2-20-15(19)16-8-4-5-11(16)10-21-14-7-3-6-13(18)12(14)9-17;1-2/h3,6-7,9,11,18H,2,4-5,8,10H2,1H3;1-2H3. The highest BCUT2D eigenvalue weighted by Crippen LogP contribution is 2.27. The maximum Gasteiger partial charge on any atom is 0.410 e. The average Bonchev–Trinajstić information content (AvgIpc) is 3.03. The summed E-state index contributed by atoms with van der Waals surface area (Å²) in [5.74, 6) is 0.205. The summed E-state index contributed by atoms with van der Waals surface area (Å²) in [5.41, 5.74) is 0.123. The molecule has 1 heterocycles. The van der Waals surface area contributed by atoms with Crippen LogP contribution in [0.2, 0.25) is 0 Å². The van der Waals surface area contributed by atoms with Gasteiger partial charge in [0.05, 0.1) is 18.2 Å². The quantitative estimate of drug-likeness (QED) is 0.842. The number of hydrogen-bond donors (Lipinski definition) is 1. The summed E-state index contributed by atoms with van der Waals surface area (Å²) >= 11 is 0. The van der Waals surface area contributed by atoms with Crippen LogP contribution in [0, 0.1) is 0 Å². The molecule has 1 unspecified atom stereocenters. The van der Waals surface area contributed by atoms with Crippen LogP contribution in [0.25, 0.3) is 0 Å². The summed E-state index contributed by atoms with van der Waals surface area (Å²) in [6.45, 7) is 7.02. The molecule has 1 aromatic rings. The number of aromatic hydroxyl groups is 1. The van der Waals surface area contributed by atoms with Gasteiger partial charge in [0.1, 0.15) is 18.1 Å². The third-order valence-electron chi connectivity index (χ3n) is 3.47. The molecule has 0 spiro atoms. The Bertz CT molecular complexity index is 518. The number of likely N-dealkylation sites (tertiary alicyclic amines) is 1. The maximum absolute atomic E-state index is 11.8. The number of phenols is 1. The third-order valence-corrected chi connectivity index (χ3v) is 3.47. The number of phenolic OH excluding ortho intramolecular Hbond substituents is 1. The molecule has 1 N–H and O–H groups in total. The average molecular weight is 323 g/mol. The molecule has 0 aliphatic carbocycles. The van der Waals surface area contributed by atoms with Gasteiger partial charge in [0, 0.05) is 6.54 Å². The van der Waals surface area contributed by atoms with Crippen LogP contribution in [0.15, 0.2) is 18.2 Å². The lowest BCUT2D eigenvalue weighted by molar-refractivity contribution is 0.0911. The molecule has 1 atom stereocenters. The molecule has 6 heteroatoms. The zero-order valence-electron chi connectivity index (χ0n) is 13.9. The Balaban J connectivity index is 0.00000127. The van der Waals surface area contributed by atoms with Crippen LogP contribution in [0.1, 0.15) is 44.0 Å². The van der Waals surface area contributed by atoms with Gasteiger partial charge in [-0.1, -0.05) is 19.9 Å². The van der Waals surface area contributed by atoms with Gasteiger partial charge in [-0.05, 0) is 31.9 Å². The predicted octanol–water partition coefficient (Wildman–Crippen LogP) is 3.23. The van der Waals surface area contributed by atoms with E-state index < -0.39 is 0 Å². The van der Waals surface area contributed by atoms with Crippen molar-refractivity contribution in [3.63, 3.8) is 0 Å². The first-order valence-electron chi connectivity index (χ1n) is 8.00. The van der Waals surface area contributed by atoms with Gasteiger partial charge >= 0.3 is 6.09 Å². The zero-order chi connectivity index (χ0) is 17.2. The summed E-state index contributed by atoms with van der Waals surface area (Å²) in [7, 11) is 0. The minimum atomic E-state index is -0.338. The number of benzene rings is 1. The number of amides is 1. The molecule has 1 saturated heterocycles. The Hall–Kier alpha value is -2.24. The van der Waals surface area contributed by atoms with Crippen LogP contribution < -0.4 is 4.74 Å². The molecule has 1 amide bonds. The van der Waals surface area contributed by atoms with Crippen molar-refractivity contribution in [1.29, 1.82) is 0 Å². The number of nitrogens with zero attached hydrogens (tertiary/aromatic N) is 1. The Kier molecular flexibility index (Phi) is 7.94. The largest absolute Gasteiger partial charge is 0.507 e. The van der Waals surface area contributed by atoms with E-state index in [4.69, 9.17) is 9.47 Å². The number of ether oxygens (including phenoxy) is 2. The summed E-state index contributed by atoms with van der Waals surface area (Å²) in [5, 5.41) is 9.60. The monoisotopic (exact) mass is 323 g/mol. The first-order chi connectivity index (χ1) is 11.2. The van der Waals surface area contributed by atoms with Gasteiger partial charge in [0.15, 0.2) is 6.29 Å². The molecule has 6 nitrogen and oxygen atoms in total. The van der Waals surface area contributed by atoms with Crippen molar-refractivity contribution >= 4 is 12.4 Å². The molecule has 1 aliphatic heterocycles. The minimum absolute atomic E-state index is 0.0779. The summed E-state index contributed by atoms with van der Waals surface area (Å²) in [6.07, 6.45) is 1.94. The smallest absolute Gasteiger partial charge is 0.410 e. The highest BCUT2D eigenvalue weighted by atomic mass is 16.6. The Morgan fingerprint density at radius 3 is 2.83 bits per heavy atom. The molecule has 0 aromatic heterocycles. The van der Waals surface area contributed by atoms with Gasteiger partial charge in [-0.15, -0.1) is 0 Å². The summed E-state index contributed by atoms with van der Waals surface area (Å²) in [4.78, 5) is 24.4. The van der Waals surface area contributed by atoms with Gasteiger partial charge in [0.25, 0.3) is 0 Å². The zero-order valence-corrected chi connectivity index (χ0v) is 13.9. The molecule has 0 radical (unpaired) electrons. The van der Waals surface area contributed by atoms with Crippen LogP contribution in [0.3, 0.4) is 0 Å². The molecular weight excluding hydrogens is 298 g/mol. The van der Waals surface area contributed by atoms with E-state index in [1.807, 2.05) is 13.8 Å². The molecular formula is C17H25NO5. The van der Waals surface area contributed by atoms with Crippen molar-refractivity contribution in [3.05, 3.63) is 23.8 Å². The van der Waals surface area contributed by atoms with E-state index in [-0.39, 0.29) is 30.1 Å². The Morgan fingerprint density at radius 2 is 2.17 bits per heavy atom. The fourth-order valence-electron chi connectivity index (χ4n) is 2.42. The van der Waals surface area contributed by atoms with E-state index in [1.165, 1.54) is 6.07 Å². The molecule has 128 valence electrons. The maximum atomic E-state index is 11.8. The summed E-state index contributed by atoms with van der Waals surface area (Å²) in [6, 6.07) is 4.57. The Morgan fingerprint density at radius 1 is 1.43 bits per heavy atom. The van der Waals surface area contributed by atoms with E-state index in [1.54, 1.807) is 24.0 Å². The molecule has 0 bridgehead atoms. The number of aldehydes is 1. The van der Waals surface area contributed by atoms with Crippen molar-refractivity contribution in [2.45, 2.75) is 39.7 Å². The number of carbonyl (C=O) groups is 2. The fourth-order valence-corrected chi connectivity index (χ4v) is 2.42. The SMILES string of the molecule is CC.CCOC(=O)N1CCCC1COc1cccc(O)c1C=O. The molecule has 1 aliphatic rings. The van der Waals surface area contributed by atoms with E-state index in [9.17, 15) is 14.7 Å². The van der Waals surface area contributed by atoms with Crippen molar-refractivity contribution in [1.82, 2.24) is 4.90 Å². The van der Waals surface area contributed by atoms with Crippen molar-refractivity contribution in [2.75, 3.05) is 19.8 Å². The van der Waals surface area contributed by atoms with Crippen LogP contribution >= 0.6 is 0 Å². The van der Waals surface area contributed by atoms with E-state index in [0.717, 1.165) is 12.8 Å². The number of hydrogen-bond acceptors (Lipinski definition) is 5. The highest BCUT2D eigenvalue weighted by Gasteiger charge is 2.30. The molecule has 1 fully saturated rings. The van der Waals surface area contributed by atoms with Crippen molar-refractivity contribution < 1.29 is 24.2 Å². The van der Waals surface area contributed by atoms with Gasteiger partial charge in [0.2, 0.25) is 0 Å². The van der Waals surface area contributed by atoms with Crippen LogP contribution in [-0.2, 0) is 4.74 Å². The number of rotatable bonds is 5. The predicted molar refractivity (Wildman–Crippen MR) is 87.1 cm³/mol. The van der Waals surface area contributed by atoms with Crippen LogP contribution in [-0.4, -0.2) is 48.2 Å². The van der Waals surface area contributed by atoms with Crippen LogP contribution in [0.4, 0.5) is 4.79 Å². The molecule has 1 aromatic carbocycles. The van der Waals surface area contributed by atoms with E-state index in [2.05, 4.69) is 0 Å². The summed E-state index contributed by atoms with van der Waals surface area (Å²) < 4.78 is 10.6. The van der Waals surface area contributed by atoms with Gasteiger partial charge < -0.3 is 19.5 Å². The first-order valence-corrected chi connectivity index (χ1v) is 8.00. The topological polar surface area (TPSA) is 76.1 Å². The van der Waals surface area contributed by atoms with Crippen molar-refractivity contribution in [3.8, 4) is 11.5 Å². The third kappa shape index (κ3) is 4.87. The van der Waals surface area contributed by atoms with Gasteiger partial charge in [-0.3, -0.25) is 4.79 Å². The second kappa shape index (κ2) is 9.71. The Labute approximate surface area is 137 Å². The van der Waals surface area contributed by atoms with Crippen LogP contribution in [0.5, 0.6) is 11.5 Å². The second-order valence-electron chi connectivity index (χ2n) is 4.81. The molecule has 23 heavy (non-hydrogen) atoms. The fraction of sp³-hybridized carbons (Fsp3) is 0.529. The normalized spacial score (nSPS) is 16.3. The lowest BCUT2D eigenvalue weighted by Crippen LogP contribution is -2.39. The van der Waals surface area contributed by atoms with E-state index in [0.29, 0.717) is 25.2 Å². The lowest BCUT2D eigenvalue weighted by Gasteiger charge is -2.24. The first kappa shape index (κ1) is 18.8. The van der Waals surface area contributed by atoms with Gasteiger partial charge in [-0.25, -0.2) is 4.79 Å². The molecule has 2 rings (SSSR count).